The highest BCUT2D eigenvalue weighted by Crippen LogP contribution is 2.07. The first-order valence-corrected chi connectivity index (χ1v) is 3.96. The number of hydrogen-bond donors (Lipinski definition) is 0. The number of halogens is 4. The molecule has 1 heterocycles. The van der Waals surface area contributed by atoms with Gasteiger partial charge in [-0.2, -0.15) is 0 Å². The number of nitrogens with zero attached hydrogens (tertiary/aromatic N) is 4. The van der Waals surface area contributed by atoms with Crippen LogP contribution in [0.2, 0.25) is 0 Å². The van der Waals surface area contributed by atoms with Gasteiger partial charge in [0.15, 0.2) is 0 Å². The molecule has 0 saturated carbocycles. The zero-order valence-corrected chi connectivity index (χ0v) is 7.87. The lowest BCUT2D eigenvalue weighted by atomic mass is 10.3. The van der Waals surface area contributed by atoms with Gasteiger partial charge in [0.05, 0.1) is 5.22 Å². The fraction of sp³-hybridized carbons (Fsp3) is 0.800. The van der Waals surface area contributed by atoms with Gasteiger partial charge in [-0.25, -0.2) is 0 Å². The van der Waals surface area contributed by atoms with Crippen molar-refractivity contribution in [1.29, 1.82) is 0 Å². The van der Waals surface area contributed by atoms with E-state index in [-0.39, 0.29) is 0 Å². The van der Waals surface area contributed by atoms with Gasteiger partial charge in [-0.15, -0.1) is 4.59 Å². The molecule has 1 atom stereocenters. The van der Waals surface area contributed by atoms with Gasteiger partial charge in [-0.05, 0) is 6.42 Å². The molecule has 0 aromatic heterocycles. The Balaban J connectivity index is 0.000000292. The Labute approximate surface area is 79.0 Å². The Morgan fingerprint density at radius 1 is 1.29 bits per heavy atom. The normalized spacial score (nSPS) is 24.7. The maximum absolute atomic E-state index is 9.75. The minimum atomic E-state index is -6.00. The van der Waals surface area contributed by atoms with Crippen LogP contribution in [0.15, 0.2) is 15.5 Å². The molecule has 4 nitrogen and oxygen atoms in total. The average Bonchev–Trinajstić information content (AvgIpc) is 2.33. The fourth-order valence-electron chi connectivity index (χ4n) is 0.827. The van der Waals surface area contributed by atoms with E-state index in [2.05, 4.69) is 22.5 Å². The van der Waals surface area contributed by atoms with Gasteiger partial charge in [-0.1, -0.05) is 12.0 Å². The first-order chi connectivity index (χ1) is 6.27. The third-order valence-electron chi connectivity index (χ3n) is 1.27. The van der Waals surface area contributed by atoms with Gasteiger partial charge in [0.1, 0.15) is 13.6 Å². The molecule has 0 spiro atoms. The first-order valence-electron chi connectivity index (χ1n) is 3.96. The molecule has 1 aliphatic rings. The van der Waals surface area contributed by atoms with E-state index >= 15 is 0 Å². The lowest BCUT2D eigenvalue weighted by Crippen LogP contribution is -2.34. The van der Waals surface area contributed by atoms with Crippen LogP contribution < -0.4 is 0 Å². The van der Waals surface area contributed by atoms with Crippen molar-refractivity contribution in [2.24, 2.45) is 15.5 Å². The standard InChI is InChI=1S/C5H11N4.BF4/c1-3-4-9(2)5-6-7-8-9;2-1(3,4)5/h5H,3-4H2,1-2H3;/q+1;-1. The molecular formula is C5H11BF4N4. The lowest BCUT2D eigenvalue weighted by molar-refractivity contribution is -0.822. The molecule has 9 heteroatoms. The van der Waals surface area contributed by atoms with Crippen LogP contribution in [-0.4, -0.2) is 31.8 Å². The molecule has 1 unspecified atom stereocenters. The first kappa shape index (κ1) is 13.0. The minimum Gasteiger partial charge on any atom is -0.418 e. The number of quaternary nitrogens is 1. The van der Waals surface area contributed by atoms with Crippen molar-refractivity contribution in [2.45, 2.75) is 13.3 Å². The Bertz CT molecular complexity index is 208. The molecule has 0 N–H and O–H groups in total. The largest absolute Gasteiger partial charge is 0.673 e. The summed E-state index contributed by atoms with van der Waals surface area (Å²) in [7, 11) is -4.02. The molecule has 0 fully saturated rings. The molecule has 0 saturated heterocycles. The smallest absolute Gasteiger partial charge is 0.418 e. The maximum atomic E-state index is 9.75. The SMILES string of the molecule is CCC[N+]1(C)C=NN=N1.F[B-](F)(F)F. The van der Waals surface area contributed by atoms with E-state index in [1.807, 2.05) is 7.05 Å². The third-order valence-corrected chi connectivity index (χ3v) is 1.27. The Kier molecular flexibility index (Phi) is 4.68. The van der Waals surface area contributed by atoms with Crippen LogP contribution >= 0.6 is 0 Å². The van der Waals surface area contributed by atoms with E-state index in [1.165, 1.54) is 0 Å². The third kappa shape index (κ3) is 7.65. The lowest BCUT2D eigenvalue weighted by Gasteiger charge is -2.14. The summed E-state index contributed by atoms with van der Waals surface area (Å²) in [5.74, 6) is 0. The summed E-state index contributed by atoms with van der Waals surface area (Å²) in [6.07, 6.45) is 2.84. The molecule has 14 heavy (non-hydrogen) atoms. The van der Waals surface area contributed by atoms with E-state index in [0.29, 0.717) is 4.59 Å². The monoisotopic (exact) mass is 214 g/mol. The number of rotatable bonds is 2. The van der Waals surface area contributed by atoms with Crippen LogP contribution in [0.25, 0.3) is 0 Å². The van der Waals surface area contributed by atoms with Crippen LogP contribution in [0.4, 0.5) is 17.3 Å². The van der Waals surface area contributed by atoms with Crippen molar-refractivity contribution in [3.8, 4) is 0 Å². The summed E-state index contributed by atoms with van der Waals surface area (Å²) in [6, 6.07) is 0. The van der Waals surface area contributed by atoms with Crippen molar-refractivity contribution in [2.75, 3.05) is 13.6 Å². The number of hydrogen-bond acceptors (Lipinski definition) is 3. The van der Waals surface area contributed by atoms with E-state index in [4.69, 9.17) is 0 Å². The topological polar surface area (TPSA) is 37.1 Å². The molecule has 0 radical (unpaired) electrons. The van der Waals surface area contributed by atoms with Crippen LogP contribution in [0, 0.1) is 0 Å². The molecule has 0 aliphatic carbocycles. The maximum Gasteiger partial charge on any atom is 0.673 e. The van der Waals surface area contributed by atoms with Gasteiger partial charge in [0.25, 0.3) is 0 Å². The molecule has 0 aromatic rings. The quantitative estimate of drug-likeness (QED) is 0.384. The van der Waals surface area contributed by atoms with Gasteiger partial charge < -0.3 is 17.3 Å². The van der Waals surface area contributed by atoms with Gasteiger partial charge in [0.2, 0.25) is 6.34 Å². The predicted molar refractivity (Wildman–Crippen MR) is 44.9 cm³/mol. The van der Waals surface area contributed by atoms with E-state index in [1.54, 1.807) is 6.34 Å². The van der Waals surface area contributed by atoms with Crippen molar-refractivity contribution < 1.29 is 21.9 Å². The zero-order valence-electron chi connectivity index (χ0n) is 7.87. The van der Waals surface area contributed by atoms with Gasteiger partial charge in [0, 0.05) is 5.22 Å². The fourth-order valence-corrected chi connectivity index (χ4v) is 0.827. The average molecular weight is 214 g/mol. The second-order valence-electron chi connectivity index (χ2n) is 2.84. The van der Waals surface area contributed by atoms with Crippen molar-refractivity contribution in [3.63, 3.8) is 0 Å². The highest BCUT2D eigenvalue weighted by atomic mass is 19.5. The Hall–Kier alpha value is -0.985. The Morgan fingerprint density at radius 3 is 2.07 bits per heavy atom. The summed E-state index contributed by atoms with van der Waals surface area (Å²) in [5, 5.41) is 11.1. The molecule has 0 aromatic carbocycles. The molecule has 1 rings (SSSR count). The summed E-state index contributed by atoms with van der Waals surface area (Å²) >= 11 is 0. The van der Waals surface area contributed by atoms with Crippen LogP contribution in [0.1, 0.15) is 13.3 Å². The highest BCUT2D eigenvalue weighted by molar-refractivity contribution is 6.50. The summed E-state index contributed by atoms with van der Waals surface area (Å²) in [5.41, 5.74) is 0. The highest BCUT2D eigenvalue weighted by Gasteiger charge is 2.21. The minimum absolute atomic E-state index is 0.510. The van der Waals surface area contributed by atoms with Gasteiger partial charge in [-0.3, -0.25) is 0 Å². The summed E-state index contributed by atoms with van der Waals surface area (Å²) in [4.78, 5) is 0. The second-order valence-corrected chi connectivity index (χ2v) is 2.84. The predicted octanol–water partition coefficient (Wildman–Crippen LogP) is 2.47. The van der Waals surface area contributed by atoms with Crippen molar-refractivity contribution in [3.05, 3.63) is 0 Å². The molecule has 1 aliphatic heterocycles. The zero-order chi connectivity index (χ0) is 11.2. The summed E-state index contributed by atoms with van der Waals surface area (Å²) in [6.45, 7) is 3.10. The summed E-state index contributed by atoms with van der Waals surface area (Å²) < 4.78 is 39.5. The van der Waals surface area contributed by atoms with Gasteiger partial charge >= 0.3 is 7.25 Å². The van der Waals surface area contributed by atoms with E-state index in [0.717, 1.165) is 13.0 Å². The molecule has 82 valence electrons. The molecular weight excluding hydrogens is 203 g/mol. The van der Waals surface area contributed by atoms with Crippen molar-refractivity contribution >= 4 is 13.6 Å². The van der Waals surface area contributed by atoms with E-state index in [9.17, 15) is 17.3 Å². The molecule has 0 amide bonds. The van der Waals surface area contributed by atoms with E-state index < -0.39 is 7.25 Å². The molecule has 0 bridgehead atoms. The Morgan fingerprint density at radius 2 is 1.79 bits per heavy atom. The van der Waals surface area contributed by atoms with Crippen LogP contribution in [0.3, 0.4) is 0 Å². The van der Waals surface area contributed by atoms with Crippen LogP contribution in [-0.2, 0) is 0 Å². The van der Waals surface area contributed by atoms with Crippen molar-refractivity contribution in [1.82, 2.24) is 0 Å². The van der Waals surface area contributed by atoms with Crippen LogP contribution in [0.5, 0.6) is 0 Å². The second kappa shape index (κ2) is 5.04.